The van der Waals surface area contributed by atoms with Crippen LogP contribution in [0.2, 0.25) is 5.02 Å². The van der Waals surface area contributed by atoms with Crippen LogP contribution in [-0.4, -0.2) is 53.6 Å². The maximum absolute atomic E-state index is 13.6. The van der Waals surface area contributed by atoms with Crippen molar-refractivity contribution in [2.45, 2.75) is 57.9 Å². The summed E-state index contributed by atoms with van der Waals surface area (Å²) in [7, 11) is 1.54. The highest BCUT2D eigenvalue weighted by molar-refractivity contribution is 6.31. The number of carbonyl (C=O) groups is 1. The number of amides is 1. The fourth-order valence-corrected chi connectivity index (χ4v) is 4.91. The average Bonchev–Trinajstić information content (AvgIpc) is 2.88. The number of nitriles is 1. The molecule has 1 fully saturated rings. The lowest BCUT2D eigenvalue weighted by Gasteiger charge is -2.41. The summed E-state index contributed by atoms with van der Waals surface area (Å²) in [4.78, 5) is 25.2. The Balaban J connectivity index is 1.93. The number of methoxy groups -OCH3 is 1. The maximum Gasteiger partial charge on any atom is 0.318 e. The van der Waals surface area contributed by atoms with Crippen molar-refractivity contribution >= 4 is 23.3 Å². The Kier molecular flexibility index (Phi) is 9.65. The molecule has 2 atom stereocenters. The monoisotopic (exact) mass is 513 g/mol. The van der Waals surface area contributed by atoms with E-state index in [1.807, 2.05) is 24.3 Å². The first-order valence-electron chi connectivity index (χ1n) is 12.3. The van der Waals surface area contributed by atoms with Crippen molar-refractivity contribution in [3.63, 3.8) is 0 Å². The van der Waals surface area contributed by atoms with Crippen LogP contribution in [0.25, 0.3) is 0 Å². The molecule has 0 aliphatic carbocycles. The van der Waals surface area contributed by atoms with Crippen LogP contribution in [0.3, 0.4) is 0 Å². The number of ether oxygens (including phenoxy) is 1. The van der Waals surface area contributed by atoms with E-state index >= 15 is 0 Å². The molecule has 9 heteroatoms. The maximum atomic E-state index is 13.6. The molecule has 192 valence electrons. The standard InChI is InChI=1S/C27H33ClFN5O2/c1-5-8-22-24(18(2)11-12-20-9-6-7-10-23(20)28)31-27(36-4)32-25(22)33-15-16-34(26(35)19(3)29)21(17-33)13-14-30/h6-7,9-10,18,21H,3,5,8,11-13,15-17H2,1-2,4H3. The highest BCUT2D eigenvalue weighted by atomic mass is 35.5. The lowest BCUT2D eigenvalue weighted by molar-refractivity contribution is -0.131. The molecule has 1 aliphatic heterocycles. The predicted octanol–water partition coefficient (Wildman–Crippen LogP) is 5.24. The number of halogens is 2. The highest BCUT2D eigenvalue weighted by Gasteiger charge is 2.34. The van der Waals surface area contributed by atoms with Gasteiger partial charge in [0, 0.05) is 30.2 Å². The van der Waals surface area contributed by atoms with Gasteiger partial charge in [-0.2, -0.15) is 15.2 Å². The molecule has 36 heavy (non-hydrogen) atoms. The van der Waals surface area contributed by atoms with Crippen LogP contribution in [0.1, 0.15) is 55.8 Å². The third-order valence-electron chi connectivity index (χ3n) is 6.55. The molecule has 1 amide bonds. The van der Waals surface area contributed by atoms with Crippen molar-refractivity contribution in [1.82, 2.24) is 14.9 Å². The van der Waals surface area contributed by atoms with Crippen molar-refractivity contribution in [2.75, 3.05) is 31.6 Å². The van der Waals surface area contributed by atoms with E-state index in [0.29, 0.717) is 13.1 Å². The minimum absolute atomic E-state index is 0.0853. The first kappa shape index (κ1) is 27.4. The van der Waals surface area contributed by atoms with Crippen LogP contribution in [0.4, 0.5) is 10.2 Å². The van der Waals surface area contributed by atoms with E-state index in [4.69, 9.17) is 26.3 Å². The Morgan fingerprint density at radius 3 is 2.72 bits per heavy atom. The van der Waals surface area contributed by atoms with Gasteiger partial charge in [0.25, 0.3) is 5.91 Å². The van der Waals surface area contributed by atoms with Crippen LogP contribution >= 0.6 is 11.6 Å². The van der Waals surface area contributed by atoms with Gasteiger partial charge in [-0.25, -0.2) is 4.39 Å². The largest absolute Gasteiger partial charge is 0.467 e. The van der Waals surface area contributed by atoms with Crippen LogP contribution in [-0.2, 0) is 17.6 Å². The number of rotatable bonds is 10. The molecule has 0 N–H and O–H groups in total. The number of aromatic nitrogens is 2. The van der Waals surface area contributed by atoms with Gasteiger partial charge in [0.1, 0.15) is 5.82 Å². The highest BCUT2D eigenvalue weighted by Crippen LogP contribution is 2.33. The third-order valence-corrected chi connectivity index (χ3v) is 6.92. The molecule has 0 radical (unpaired) electrons. The van der Waals surface area contributed by atoms with E-state index in [2.05, 4.69) is 31.4 Å². The number of aryl methyl sites for hydroxylation is 1. The zero-order valence-corrected chi connectivity index (χ0v) is 21.9. The summed E-state index contributed by atoms with van der Waals surface area (Å²) < 4.78 is 19.1. The minimum Gasteiger partial charge on any atom is -0.467 e. The van der Waals surface area contributed by atoms with Crippen molar-refractivity contribution < 1.29 is 13.9 Å². The fourth-order valence-electron chi connectivity index (χ4n) is 4.68. The van der Waals surface area contributed by atoms with Gasteiger partial charge >= 0.3 is 6.01 Å². The van der Waals surface area contributed by atoms with Gasteiger partial charge in [0.15, 0.2) is 5.83 Å². The Labute approximate surface area is 217 Å². The molecule has 2 heterocycles. The van der Waals surface area contributed by atoms with Gasteiger partial charge in [-0.05, 0) is 36.8 Å². The van der Waals surface area contributed by atoms with Gasteiger partial charge in [-0.3, -0.25) is 4.79 Å². The molecule has 7 nitrogen and oxygen atoms in total. The average molecular weight is 514 g/mol. The van der Waals surface area contributed by atoms with Crippen molar-refractivity contribution in [2.24, 2.45) is 0 Å². The Bertz CT molecular complexity index is 1140. The molecule has 0 saturated carbocycles. The van der Waals surface area contributed by atoms with Crippen LogP contribution in [0.5, 0.6) is 6.01 Å². The molecule has 2 aromatic rings. The van der Waals surface area contributed by atoms with E-state index in [9.17, 15) is 14.4 Å². The molecule has 0 spiro atoms. The molecule has 1 aromatic carbocycles. The first-order chi connectivity index (χ1) is 17.3. The van der Waals surface area contributed by atoms with E-state index < -0.39 is 17.8 Å². The smallest absolute Gasteiger partial charge is 0.318 e. The summed E-state index contributed by atoms with van der Waals surface area (Å²) in [6.45, 7) is 8.46. The number of piperazine rings is 1. The summed E-state index contributed by atoms with van der Waals surface area (Å²) in [6.07, 6.45) is 3.41. The second-order valence-corrected chi connectivity index (χ2v) is 9.45. The Morgan fingerprint density at radius 2 is 2.08 bits per heavy atom. The zero-order chi connectivity index (χ0) is 26.2. The zero-order valence-electron chi connectivity index (χ0n) is 21.1. The van der Waals surface area contributed by atoms with E-state index in [0.717, 1.165) is 53.3 Å². The van der Waals surface area contributed by atoms with Gasteiger partial charge in [0.2, 0.25) is 0 Å². The van der Waals surface area contributed by atoms with Crippen molar-refractivity contribution in [3.8, 4) is 12.1 Å². The number of benzene rings is 1. The molecule has 1 saturated heterocycles. The molecule has 1 aromatic heterocycles. The number of hydrogen-bond acceptors (Lipinski definition) is 6. The van der Waals surface area contributed by atoms with Crippen LogP contribution in [0.15, 0.2) is 36.7 Å². The second kappa shape index (κ2) is 12.7. The van der Waals surface area contributed by atoms with E-state index in [1.54, 1.807) is 7.11 Å². The number of nitrogens with zero attached hydrogens (tertiary/aromatic N) is 5. The predicted molar refractivity (Wildman–Crippen MR) is 139 cm³/mol. The molecule has 2 unspecified atom stereocenters. The lowest BCUT2D eigenvalue weighted by Crippen LogP contribution is -2.55. The number of anilines is 1. The normalized spacial score (nSPS) is 16.4. The Hall–Kier alpha value is -3.18. The Morgan fingerprint density at radius 1 is 1.33 bits per heavy atom. The SMILES string of the molecule is C=C(F)C(=O)N1CCN(c2nc(OC)nc(C(C)CCc3ccccc3Cl)c2CCC)CC1CC#N. The lowest BCUT2D eigenvalue weighted by atomic mass is 9.93. The third kappa shape index (κ3) is 6.33. The summed E-state index contributed by atoms with van der Waals surface area (Å²) in [5.41, 5.74) is 3.06. The first-order valence-corrected chi connectivity index (χ1v) is 12.6. The van der Waals surface area contributed by atoms with Crippen LogP contribution in [0, 0.1) is 11.3 Å². The number of carbonyl (C=O) groups excluding carboxylic acids is 1. The van der Waals surface area contributed by atoms with Crippen molar-refractivity contribution in [3.05, 3.63) is 58.5 Å². The second-order valence-electron chi connectivity index (χ2n) is 9.04. The molecule has 3 rings (SSSR count). The van der Waals surface area contributed by atoms with Crippen LogP contribution < -0.4 is 9.64 Å². The molecule has 0 bridgehead atoms. The molecular weight excluding hydrogens is 481 g/mol. The van der Waals surface area contributed by atoms with Gasteiger partial charge < -0.3 is 14.5 Å². The van der Waals surface area contributed by atoms with Crippen molar-refractivity contribution in [1.29, 1.82) is 5.26 Å². The summed E-state index contributed by atoms with van der Waals surface area (Å²) in [5.74, 6) is -0.919. The van der Waals surface area contributed by atoms with Gasteiger partial charge in [0.05, 0.1) is 31.3 Å². The molecular formula is C27H33ClFN5O2. The summed E-state index contributed by atoms with van der Waals surface area (Å²) >= 11 is 6.37. The topological polar surface area (TPSA) is 82.3 Å². The van der Waals surface area contributed by atoms with Gasteiger partial charge in [-0.15, -0.1) is 0 Å². The van der Waals surface area contributed by atoms with E-state index in [1.165, 1.54) is 4.90 Å². The summed E-state index contributed by atoms with van der Waals surface area (Å²) in [6, 6.07) is 9.77. The molecule has 1 aliphatic rings. The quantitative estimate of drug-likeness (QED) is 0.404. The summed E-state index contributed by atoms with van der Waals surface area (Å²) in [5, 5.41) is 10.1. The van der Waals surface area contributed by atoms with Gasteiger partial charge in [-0.1, -0.05) is 56.6 Å². The number of hydrogen-bond donors (Lipinski definition) is 0. The minimum atomic E-state index is -1.02. The van der Waals surface area contributed by atoms with E-state index in [-0.39, 0.29) is 24.9 Å². The fraction of sp³-hybridized carbons (Fsp3) is 0.481.